The van der Waals surface area contributed by atoms with Gasteiger partial charge >= 0.3 is 0 Å². The molecule has 0 atom stereocenters. The Bertz CT molecular complexity index is 467. The van der Waals surface area contributed by atoms with Crippen LogP contribution in [0.15, 0.2) is 24.3 Å². The Labute approximate surface area is 118 Å². The smallest absolute Gasteiger partial charge is 0.163 e. The SMILES string of the molecule is CCCc1c(OCC=CCCl)ccc(C(C)=O)c1O. The number of benzene rings is 1. The van der Waals surface area contributed by atoms with Crippen molar-refractivity contribution in [3.05, 3.63) is 35.4 Å². The van der Waals surface area contributed by atoms with Crippen LogP contribution in [0.1, 0.15) is 36.2 Å². The average Bonchev–Trinajstić information content (AvgIpc) is 2.38. The fourth-order valence-corrected chi connectivity index (χ4v) is 1.92. The number of hydrogen-bond acceptors (Lipinski definition) is 3. The number of phenols is 1. The highest BCUT2D eigenvalue weighted by molar-refractivity contribution is 6.18. The maximum atomic E-state index is 11.4. The van der Waals surface area contributed by atoms with E-state index in [1.807, 2.05) is 13.0 Å². The quantitative estimate of drug-likeness (QED) is 0.471. The summed E-state index contributed by atoms with van der Waals surface area (Å²) in [5, 5.41) is 10.1. The van der Waals surface area contributed by atoms with Crippen LogP contribution in [0, 0.1) is 0 Å². The summed E-state index contributed by atoms with van der Waals surface area (Å²) in [6.07, 6.45) is 5.15. The van der Waals surface area contributed by atoms with Crippen LogP contribution in [0.5, 0.6) is 11.5 Å². The summed E-state index contributed by atoms with van der Waals surface area (Å²) < 4.78 is 5.59. The van der Waals surface area contributed by atoms with Crippen LogP contribution in [0.3, 0.4) is 0 Å². The van der Waals surface area contributed by atoms with Crippen molar-refractivity contribution in [1.82, 2.24) is 0 Å². The molecule has 0 spiro atoms. The van der Waals surface area contributed by atoms with E-state index >= 15 is 0 Å². The number of carbonyl (C=O) groups is 1. The molecule has 0 saturated heterocycles. The molecule has 0 fully saturated rings. The van der Waals surface area contributed by atoms with Crippen LogP contribution in [0.2, 0.25) is 0 Å². The maximum absolute atomic E-state index is 11.4. The zero-order valence-electron chi connectivity index (χ0n) is 11.3. The first kappa shape index (κ1) is 15.6. The minimum atomic E-state index is -0.150. The van der Waals surface area contributed by atoms with E-state index in [-0.39, 0.29) is 11.5 Å². The lowest BCUT2D eigenvalue weighted by Gasteiger charge is -2.13. The van der Waals surface area contributed by atoms with Crippen LogP contribution in [-0.4, -0.2) is 23.4 Å². The Balaban J connectivity index is 3.00. The second kappa shape index (κ2) is 7.85. The number of alkyl halides is 1. The number of aromatic hydroxyl groups is 1. The highest BCUT2D eigenvalue weighted by Gasteiger charge is 2.15. The molecule has 1 aromatic rings. The van der Waals surface area contributed by atoms with Gasteiger partial charge in [0.2, 0.25) is 0 Å². The topological polar surface area (TPSA) is 46.5 Å². The highest BCUT2D eigenvalue weighted by Crippen LogP contribution is 2.32. The molecule has 0 heterocycles. The minimum Gasteiger partial charge on any atom is -0.507 e. The third kappa shape index (κ3) is 4.28. The van der Waals surface area contributed by atoms with Crippen molar-refractivity contribution in [1.29, 1.82) is 0 Å². The normalized spacial score (nSPS) is 10.9. The second-order valence-electron chi connectivity index (χ2n) is 4.18. The fourth-order valence-electron chi connectivity index (χ4n) is 1.80. The first-order valence-corrected chi connectivity index (χ1v) is 6.84. The van der Waals surface area contributed by atoms with Gasteiger partial charge in [0.1, 0.15) is 18.1 Å². The van der Waals surface area contributed by atoms with Crippen molar-refractivity contribution in [2.75, 3.05) is 12.5 Å². The lowest BCUT2D eigenvalue weighted by atomic mass is 10.0. The van der Waals surface area contributed by atoms with Crippen molar-refractivity contribution in [3.8, 4) is 11.5 Å². The highest BCUT2D eigenvalue weighted by atomic mass is 35.5. The Kier molecular flexibility index (Phi) is 6.43. The van der Waals surface area contributed by atoms with Crippen molar-refractivity contribution in [2.24, 2.45) is 0 Å². The number of carbonyl (C=O) groups excluding carboxylic acids is 1. The van der Waals surface area contributed by atoms with Gasteiger partial charge in [-0.2, -0.15) is 0 Å². The molecule has 19 heavy (non-hydrogen) atoms. The summed E-state index contributed by atoms with van der Waals surface area (Å²) in [4.78, 5) is 11.4. The van der Waals surface area contributed by atoms with E-state index in [1.54, 1.807) is 18.2 Å². The van der Waals surface area contributed by atoms with E-state index in [4.69, 9.17) is 16.3 Å². The summed E-state index contributed by atoms with van der Waals surface area (Å²) in [5.41, 5.74) is 1.03. The van der Waals surface area contributed by atoms with E-state index in [2.05, 4.69) is 0 Å². The molecule has 0 aromatic heterocycles. The van der Waals surface area contributed by atoms with Gasteiger partial charge in [0.25, 0.3) is 0 Å². The molecule has 0 amide bonds. The number of allylic oxidation sites excluding steroid dienone is 1. The minimum absolute atomic E-state index is 0.0353. The molecular weight excluding hydrogens is 264 g/mol. The molecule has 0 aliphatic carbocycles. The van der Waals surface area contributed by atoms with E-state index in [0.717, 1.165) is 6.42 Å². The van der Waals surface area contributed by atoms with Gasteiger partial charge in [-0.3, -0.25) is 4.79 Å². The van der Waals surface area contributed by atoms with Crippen LogP contribution >= 0.6 is 11.6 Å². The molecule has 3 nitrogen and oxygen atoms in total. The Hall–Kier alpha value is -1.48. The molecule has 0 radical (unpaired) electrons. The largest absolute Gasteiger partial charge is 0.507 e. The molecule has 0 aliphatic rings. The zero-order chi connectivity index (χ0) is 14.3. The van der Waals surface area contributed by atoms with Crippen molar-refractivity contribution < 1.29 is 14.6 Å². The Morgan fingerprint density at radius 1 is 1.42 bits per heavy atom. The van der Waals surface area contributed by atoms with Gasteiger partial charge in [-0.25, -0.2) is 0 Å². The van der Waals surface area contributed by atoms with Gasteiger partial charge in [-0.15, -0.1) is 11.6 Å². The average molecular weight is 283 g/mol. The van der Waals surface area contributed by atoms with Gasteiger partial charge in [0.05, 0.1) is 5.56 Å². The molecule has 1 aromatic carbocycles. The lowest BCUT2D eigenvalue weighted by molar-refractivity contribution is 0.101. The number of halogens is 1. The number of Topliss-reactive ketones (excluding diaryl/α,β-unsaturated/α-hetero) is 1. The van der Waals surface area contributed by atoms with Gasteiger partial charge in [-0.1, -0.05) is 25.5 Å². The first-order valence-electron chi connectivity index (χ1n) is 6.31. The molecule has 104 valence electrons. The predicted octanol–water partition coefficient (Wildman–Crippen LogP) is 3.72. The number of rotatable bonds is 7. The van der Waals surface area contributed by atoms with Crippen LogP contribution in [-0.2, 0) is 6.42 Å². The Morgan fingerprint density at radius 3 is 2.74 bits per heavy atom. The number of phenolic OH excluding ortho intramolecular Hbond substituents is 1. The zero-order valence-corrected chi connectivity index (χ0v) is 12.0. The van der Waals surface area contributed by atoms with E-state index in [1.165, 1.54) is 6.92 Å². The number of ketones is 1. The molecule has 0 aliphatic heterocycles. The summed E-state index contributed by atoms with van der Waals surface area (Å²) in [6, 6.07) is 3.33. The van der Waals surface area contributed by atoms with E-state index < -0.39 is 0 Å². The van der Waals surface area contributed by atoms with Gasteiger partial charge in [0, 0.05) is 11.4 Å². The van der Waals surface area contributed by atoms with E-state index in [0.29, 0.717) is 35.8 Å². The summed E-state index contributed by atoms with van der Waals surface area (Å²) >= 11 is 5.53. The number of hydrogen-bond donors (Lipinski definition) is 1. The summed E-state index contributed by atoms with van der Waals surface area (Å²) in [5.74, 6) is 0.944. The molecule has 1 rings (SSSR count). The van der Waals surface area contributed by atoms with E-state index in [9.17, 15) is 9.90 Å². The fraction of sp³-hybridized carbons (Fsp3) is 0.400. The monoisotopic (exact) mass is 282 g/mol. The van der Waals surface area contributed by atoms with Gasteiger partial charge in [0.15, 0.2) is 5.78 Å². The van der Waals surface area contributed by atoms with Crippen molar-refractivity contribution >= 4 is 17.4 Å². The number of ether oxygens (including phenoxy) is 1. The third-order valence-corrected chi connectivity index (χ3v) is 2.89. The van der Waals surface area contributed by atoms with Crippen LogP contribution < -0.4 is 4.74 Å². The molecule has 0 saturated carbocycles. The lowest BCUT2D eigenvalue weighted by Crippen LogP contribution is -2.02. The standard InChI is InChI=1S/C15H19ClO3/c1-3-6-13-14(19-10-5-4-9-16)8-7-12(11(2)17)15(13)18/h4-5,7-8,18H,3,6,9-10H2,1-2H3. The second-order valence-corrected chi connectivity index (χ2v) is 4.49. The van der Waals surface area contributed by atoms with Gasteiger partial charge < -0.3 is 9.84 Å². The predicted molar refractivity (Wildman–Crippen MR) is 77.5 cm³/mol. The molecular formula is C15H19ClO3. The van der Waals surface area contributed by atoms with Crippen molar-refractivity contribution in [3.63, 3.8) is 0 Å². The molecule has 1 N–H and O–H groups in total. The molecule has 0 bridgehead atoms. The first-order chi connectivity index (χ1) is 9.11. The van der Waals surface area contributed by atoms with Crippen LogP contribution in [0.4, 0.5) is 0 Å². The Morgan fingerprint density at radius 2 is 2.16 bits per heavy atom. The summed E-state index contributed by atoms with van der Waals surface area (Å²) in [6.45, 7) is 3.84. The maximum Gasteiger partial charge on any atom is 0.163 e. The van der Waals surface area contributed by atoms with Gasteiger partial charge in [-0.05, 0) is 25.5 Å². The third-order valence-electron chi connectivity index (χ3n) is 2.71. The van der Waals surface area contributed by atoms with Crippen LogP contribution in [0.25, 0.3) is 0 Å². The van der Waals surface area contributed by atoms with Crippen molar-refractivity contribution in [2.45, 2.75) is 26.7 Å². The molecule has 0 unspecified atom stereocenters. The molecule has 4 heteroatoms. The summed E-state index contributed by atoms with van der Waals surface area (Å²) in [7, 11) is 0.